The monoisotopic (exact) mass is 240 g/mol. The van der Waals surface area contributed by atoms with E-state index in [4.69, 9.17) is 4.74 Å². The number of hydrogen-bond donors (Lipinski definition) is 1. The van der Waals surface area contributed by atoms with Crippen LogP contribution in [-0.4, -0.2) is 47.6 Å². The Morgan fingerprint density at radius 3 is 2.59 bits per heavy atom. The fourth-order valence-corrected chi connectivity index (χ4v) is 2.50. The Morgan fingerprint density at radius 1 is 1.29 bits per heavy atom. The number of amides is 2. The van der Waals surface area contributed by atoms with E-state index in [-0.39, 0.29) is 17.4 Å². The van der Waals surface area contributed by atoms with Gasteiger partial charge in [0.25, 0.3) is 0 Å². The summed E-state index contributed by atoms with van der Waals surface area (Å²) in [6.07, 6.45) is 1.20. The molecule has 2 heterocycles. The van der Waals surface area contributed by atoms with E-state index in [1.165, 1.54) is 0 Å². The lowest BCUT2D eigenvalue weighted by atomic mass is 9.95. The topological polar surface area (TPSA) is 58.6 Å². The van der Waals surface area contributed by atoms with Crippen LogP contribution in [0, 0.1) is 0 Å². The lowest BCUT2D eigenvalue weighted by Gasteiger charge is -2.39. The van der Waals surface area contributed by atoms with Crippen molar-refractivity contribution in [3.8, 4) is 0 Å². The van der Waals surface area contributed by atoms with Gasteiger partial charge in [-0.1, -0.05) is 0 Å². The van der Waals surface area contributed by atoms with Crippen LogP contribution in [0.5, 0.6) is 0 Å². The summed E-state index contributed by atoms with van der Waals surface area (Å²) in [4.78, 5) is 25.9. The van der Waals surface area contributed by atoms with E-state index in [0.717, 1.165) is 6.42 Å². The summed E-state index contributed by atoms with van der Waals surface area (Å²) in [6, 6.07) is 0. The first-order valence-electron chi connectivity index (χ1n) is 6.06. The number of carbonyl (C=O) groups is 2. The van der Waals surface area contributed by atoms with Crippen LogP contribution in [0.25, 0.3) is 0 Å². The highest BCUT2D eigenvalue weighted by atomic mass is 16.5. The molecule has 0 spiro atoms. The van der Waals surface area contributed by atoms with Crippen LogP contribution in [0.1, 0.15) is 33.6 Å². The molecule has 96 valence electrons. The summed E-state index contributed by atoms with van der Waals surface area (Å²) < 4.78 is 5.40. The molecule has 2 aliphatic rings. The standard InChI is InChI=1S/C12H20N2O3/c1-11(2)10(16)14(6-4-9(15)13-11)12(3)5-7-17-8-12/h4-8H2,1-3H3,(H,13,15). The molecular formula is C12H20N2O3. The quantitative estimate of drug-likeness (QED) is 0.717. The zero-order valence-electron chi connectivity index (χ0n) is 10.7. The molecule has 2 saturated heterocycles. The molecule has 1 N–H and O–H groups in total. The smallest absolute Gasteiger partial charge is 0.248 e. The third-order valence-electron chi connectivity index (χ3n) is 3.64. The molecule has 17 heavy (non-hydrogen) atoms. The molecule has 1 atom stereocenters. The van der Waals surface area contributed by atoms with Gasteiger partial charge in [-0.05, 0) is 27.2 Å². The number of rotatable bonds is 1. The molecule has 5 nitrogen and oxygen atoms in total. The highest BCUT2D eigenvalue weighted by Crippen LogP contribution is 2.29. The molecule has 0 aromatic heterocycles. The van der Waals surface area contributed by atoms with Crippen molar-refractivity contribution in [2.75, 3.05) is 19.8 Å². The molecule has 0 bridgehead atoms. The van der Waals surface area contributed by atoms with Gasteiger partial charge in [0, 0.05) is 19.6 Å². The third-order valence-corrected chi connectivity index (χ3v) is 3.64. The molecule has 2 fully saturated rings. The normalized spacial score (nSPS) is 33.5. The summed E-state index contributed by atoms with van der Waals surface area (Å²) in [5.41, 5.74) is -1.08. The highest BCUT2D eigenvalue weighted by Gasteiger charge is 2.45. The van der Waals surface area contributed by atoms with E-state index in [2.05, 4.69) is 5.32 Å². The van der Waals surface area contributed by atoms with E-state index >= 15 is 0 Å². The minimum atomic E-state index is -0.820. The first-order chi connectivity index (χ1) is 7.85. The van der Waals surface area contributed by atoms with Gasteiger partial charge in [0.05, 0.1) is 12.1 Å². The summed E-state index contributed by atoms with van der Waals surface area (Å²) in [5.74, 6) is -0.0790. The number of hydrogen-bond acceptors (Lipinski definition) is 3. The van der Waals surface area contributed by atoms with Crippen molar-refractivity contribution in [3.05, 3.63) is 0 Å². The van der Waals surface area contributed by atoms with E-state index in [0.29, 0.717) is 26.2 Å². The first-order valence-corrected chi connectivity index (χ1v) is 6.06. The Balaban J connectivity index is 2.27. The van der Waals surface area contributed by atoms with Gasteiger partial charge in [-0.15, -0.1) is 0 Å². The second-order valence-corrected chi connectivity index (χ2v) is 5.68. The Hall–Kier alpha value is -1.10. The lowest BCUT2D eigenvalue weighted by Crippen LogP contribution is -2.59. The molecule has 2 aliphatic heterocycles. The van der Waals surface area contributed by atoms with E-state index in [1.54, 1.807) is 13.8 Å². The van der Waals surface area contributed by atoms with Crippen LogP contribution < -0.4 is 5.32 Å². The van der Waals surface area contributed by atoms with Crippen LogP contribution in [0.15, 0.2) is 0 Å². The van der Waals surface area contributed by atoms with Crippen LogP contribution >= 0.6 is 0 Å². The molecule has 2 amide bonds. The molecular weight excluding hydrogens is 220 g/mol. The van der Waals surface area contributed by atoms with Crippen LogP contribution in [-0.2, 0) is 14.3 Å². The van der Waals surface area contributed by atoms with Gasteiger partial charge in [0.2, 0.25) is 11.8 Å². The van der Waals surface area contributed by atoms with Crippen molar-refractivity contribution in [3.63, 3.8) is 0 Å². The molecule has 0 radical (unpaired) electrons. The predicted molar refractivity (Wildman–Crippen MR) is 62.4 cm³/mol. The van der Waals surface area contributed by atoms with E-state index in [9.17, 15) is 9.59 Å². The van der Waals surface area contributed by atoms with Crippen molar-refractivity contribution < 1.29 is 14.3 Å². The maximum atomic E-state index is 12.5. The van der Waals surface area contributed by atoms with Gasteiger partial charge in [0.15, 0.2) is 0 Å². The third kappa shape index (κ3) is 2.16. The Bertz CT molecular complexity index is 346. The highest BCUT2D eigenvalue weighted by molar-refractivity contribution is 5.93. The summed E-state index contributed by atoms with van der Waals surface area (Å²) in [5, 5.41) is 2.77. The predicted octanol–water partition coefficient (Wildman–Crippen LogP) is 0.292. The second kappa shape index (κ2) is 3.98. The van der Waals surface area contributed by atoms with Crippen molar-refractivity contribution in [1.82, 2.24) is 10.2 Å². The van der Waals surface area contributed by atoms with Crippen LogP contribution in [0.3, 0.4) is 0 Å². The molecule has 0 saturated carbocycles. The maximum absolute atomic E-state index is 12.5. The van der Waals surface area contributed by atoms with Gasteiger partial charge in [-0.3, -0.25) is 9.59 Å². The van der Waals surface area contributed by atoms with Gasteiger partial charge in [-0.25, -0.2) is 0 Å². The Kier molecular flexibility index (Phi) is 2.89. The molecule has 0 aromatic carbocycles. The van der Waals surface area contributed by atoms with Crippen molar-refractivity contribution in [2.24, 2.45) is 0 Å². The summed E-state index contributed by atoms with van der Waals surface area (Å²) in [7, 11) is 0. The van der Waals surface area contributed by atoms with Gasteiger partial charge in [-0.2, -0.15) is 0 Å². The van der Waals surface area contributed by atoms with Crippen molar-refractivity contribution in [1.29, 1.82) is 0 Å². The number of nitrogens with zero attached hydrogens (tertiary/aromatic N) is 1. The van der Waals surface area contributed by atoms with Crippen molar-refractivity contribution in [2.45, 2.75) is 44.7 Å². The lowest BCUT2D eigenvalue weighted by molar-refractivity contribution is -0.142. The van der Waals surface area contributed by atoms with E-state index in [1.807, 2.05) is 11.8 Å². The Labute approximate surface area is 101 Å². The fourth-order valence-electron chi connectivity index (χ4n) is 2.50. The number of ether oxygens (including phenoxy) is 1. The summed E-state index contributed by atoms with van der Waals surface area (Å²) >= 11 is 0. The minimum absolute atomic E-state index is 0.0173. The van der Waals surface area contributed by atoms with Crippen LogP contribution in [0.4, 0.5) is 0 Å². The maximum Gasteiger partial charge on any atom is 0.248 e. The SMILES string of the molecule is CC1(C)NC(=O)CCN(C2(C)CCOC2)C1=O. The molecule has 0 aromatic rings. The molecule has 2 rings (SSSR count). The van der Waals surface area contributed by atoms with E-state index < -0.39 is 5.54 Å². The zero-order valence-corrected chi connectivity index (χ0v) is 10.7. The zero-order chi connectivity index (χ0) is 12.7. The van der Waals surface area contributed by atoms with Gasteiger partial charge >= 0.3 is 0 Å². The number of nitrogens with one attached hydrogen (secondary N) is 1. The van der Waals surface area contributed by atoms with Gasteiger partial charge in [0.1, 0.15) is 5.54 Å². The summed E-state index contributed by atoms with van der Waals surface area (Å²) in [6.45, 7) is 7.26. The molecule has 5 heteroatoms. The van der Waals surface area contributed by atoms with Crippen LogP contribution in [0.2, 0.25) is 0 Å². The average molecular weight is 240 g/mol. The molecule has 0 aliphatic carbocycles. The minimum Gasteiger partial charge on any atom is -0.379 e. The Morgan fingerprint density at radius 2 is 2.00 bits per heavy atom. The number of carbonyl (C=O) groups excluding carboxylic acids is 2. The molecule has 1 unspecified atom stereocenters. The fraction of sp³-hybridized carbons (Fsp3) is 0.833. The van der Waals surface area contributed by atoms with Crippen molar-refractivity contribution >= 4 is 11.8 Å². The average Bonchev–Trinajstić information content (AvgIpc) is 2.60. The second-order valence-electron chi connectivity index (χ2n) is 5.68. The first kappa shape index (κ1) is 12.4. The largest absolute Gasteiger partial charge is 0.379 e. The van der Waals surface area contributed by atoms with Gasteiger partial charge < -0.3 is 15.0 Å².